The fraction of sp³-hybridized carbons (Fsp3) is 0.400. The second kappa shape index (κ2) is 11.0. The SMILES string of the molecule is CC(C)[C@H](NC(=O)OCc1ccccc1)C(=O)O.NCC(=O)O. The van der Waals surface area contributed by atoms with Gasteiger partial charge in [0.2, 0.25) is 0 Å². The largest absolute Gasteiger partial charge is 0.480 e. The monoisotopic (exact) mass is 326 g/mol. The third kappa shape index (κ3) is 9.86. The predicted molar refractivity (Wildman–Crippen MR) is 82.7 cm³/mol. The molecule has 0 bridgehead atoms. The number of aliphatic carboxylic acids is 2. The number of carbonyl (C=O) groups excluding carboxylic acids is 1. The van der Waals surface area contributed by atoms with Crippen LogP contribution in [0.5, 0.6) is 0 Å². The molecule has 0 radical (unpaired) electrons. The van der Waals surface area contributed by atoms with Crippen LogP contribution in [0.3, 0.4) is 0 Å². The summed E-state index contributed by atoms with van der Waals surface area (Å²) in [6.07, 6.45) is -0.722. The van der Waals surface area contributed by atoms with Crippen LogP contribution in [-0.2, 0) is 20.9 Å². The molecule has 8 heteroatoms. The number of carboxylic acid groups (broad SMARTS) is 2. The summed E-state index contributed by atoms with van der Waals surface area (Å²) < 4.78 is 4.95. The van der Waals surface area contributed by atoms with Gasteiger partial charge in [-0.3, -0.25) is 4.79 Å². The molecule has 0 saturated heterocycles. The van der Waals surface area contributed by atoms with Gasteiger partial charge >= 0.3 is 18.0 Å². The van der Waals surface area contributed by atoms with Crippen LogP contribution in [0.4, 0.5) is 4.79 Å². The smallest absolute Gasteiger partial charge is 0.408 e. The van der Waals surface area contributed by atoms with Crippen molar-refractivity contribution < 1.29 is 29.3 Å². The van der Waals surface area contributed by atoms with Crippen molar-refractivity contribution in [3.05, 3.63) is 35.9 Å². The normalized spacial score (nSPS) is 11.0. The molecular weight excluding hydrogens is 304 g/mol. The lowest BCUT2D eigenvalue weighted by Crippen LogP contribution is -2.44. The lowest BCUT2D eigenvalue weighted by Gasteiger charge is -2.17. The van der Waals surface area contributed by atoms with E-state index in [9.17, 15) is 14.4 Å². The summed E-state index contributed by atoms with van der Waals surface area (Å²) in [6.45, 7) is 3.28. The topological polar surface area (TPSA) is 139 Å². The molecule has 5 N–H and O–H groups in total. The van der Waals surface area contributed by atoms with Crippen LogP contribution in [-0.4, -0.2) is 40.8 Å². The molecule has 0 saturated carbocycles. The molecule has 1 aromatic carbocycles. The van der Waals surface area contributed by atoms with E-state index in [0.717, 1.165) is 5.56 Å². The van der Waals surface area contributed by atoms with Gasteiger partial charge in [0.15, 0.2) is 0 Å². The van der Waals surface area contributed by atoms with E-state index in [-0.39, 0.29) is 19.1 Å². The van der Waals surface area contributed by atoms with Crippen molar-refractivity contribution in [1.82, 2.24) is 5.32 Å². The quantitative estimate of drug-likeness (QED) is 0.612. The molecule has 0 aliphatic carbocycles. The number of ether oxygens (including phenoxy) is 1. The first-order valence-electron chi connectivity index (χ1n) is 6.89. The van der Waals surface area contributed by atoms with E-state index in [1.54, 1.807) is 13.8 Å². The number of amides is 1. The summed E-state index contributed by atoms with van der Waals surface area (Å²) in [5, 5.41) is 18.8. The Kier molecular flexibility index (Phi) is 9.77. The van der Waals surface area contributed by atoms with Gasteiger partial charge in [0.25, 0.3) is 0 Å². The molecule has 0 aromatic heterocycles. The molecule has 1 atom stereocenters. The van der Waals surface area contributed by atoms with Gasteiger partial charge in [0.05, 0.1) is 6.54 Å². The highest BCUT2D eigenvalue weighted by molar-refractivity contribution is 5.80. The molecule has 0 heterocycles. The summed E-state index contributed by atoms with van der Waals surface area (Å²) in [7, 11) is 0. The van der Waals surface area contributed by atoms with Crippen molar-refractivity contribution in [2.75, 3.05) is 6.54 Å². The van der Waals surface area contributed by atoms with E-state index in [0.29, 0.717) is 0 Å². The highest BCUT2D eigenvalue weighted by Crippen LogP contribution is 2.04. The summed E-state index contributed by atoms with van der Waals surface area (Å²) in [5.41, 5.74) is 5.42. The Morgan fingerprint density at radius 3 is 2.09 bits per heavy atom. The number of alkyl carbamates (subject to hydrolysis) is 1. The predicted octanol–water partition coefficient (Wildman–Crippen LogP) is 1.05. The molecule has 128 valence electrons. The summed E-state index contributed by atoms with van der Waals surface area (Å²) in [6, 6.07) is 8.25. The van der Waals surface area contributed by atoms with Crippen LogP contribution in [0.1, 0.15) is 19.4 Å². The number of carboxylic acids is 2. The molecule has 1 amide bonds. The number of nitrogens with two attached hydrogens (primary N) is 1. The molecule has 1 rings (SSSR count). The van der Waals surface area contributed by atoms with E-state index in [2.05, 4.69) is 11.1 Å². The zero-order chi connectivity index (χ0) is 17.8. The summed E-state index contributed by atoms with van der Waals surface area (Å²) in [4.78, 5) is 31.6. The fourth-order valence-electron chi connectivity index (χ4n) is 1.41. The molecule has 0 unspecified atom stereocenters. The molecule has 0 spiro atoms. The zero-order valence-electron chi connectivity index (χ0n) is 13.1. The maximum atomic E-state index is 11.4. The average Bonchev–Trinajstić information content (AvgIpc) is 2.51. The Hall–Kier alpha value is -2.61. The second-order valence-corrected chi connectivity index (χ2v) is 4.86. The average molecular weight is 326 g/mol. The van der Waals surface area contributed by atoms with Crippen molar-refractivity contribution in [3.63, 3.8) is 0 Å². The highest BCUT2D eigenvalue weighted by atomic mass is 16.5. The van der Waals surface area contributed by atoms with Gasteiger partial charge in [0.1, 0.15) is 12.6 Å². The van der Waals surface area contributed by atoms with Crippen LogP contribution in [0, 0.1) is 5.92 Å². The molecule has 0 fully saturated rings. The van der Waals surface area contributed by atoms with Gasteiger partial charge in [-0.2, -0.15) is 0 Å². The minimum absolute atomic E-state index is 0.122. The maximum absolute atomic E-state index is 11.4. The first kappa shape index (κ1) is 20.4. The minimum atomic E-state index is -1.07. The van der Waals surface area contributed by atoms with Crippen LogP contribution >= 0.6 is 0 Å². The Morgan fingerprint density at radius 1 is 1.17 bits per heavy atom. The van der Waals surface area contributed by atoms with Crippen molar-refractivity contribution in [3.8, 4) is 0 Å². The summed E-state index contributed by atoms with van der Waals surface area (Å²) >= 11 is 0. The second-order valence-electron chi connectivity index (χ2n) is 4.86. The summed E-state index contributed by atoms with van der Waals surface area (Å²) in [5.74, 6) is -2.24. The lowest BCUT2D eigenvalue weighted by molar-refractivity contribution is -0.140. The first-order valence-corrected chi connectivity index (χ1v) is 6.89. The number of nitrogens with one attached hydrogen (secondary N) is 1. The zero-order valence-corrected chi connectivity index (χ0v) is 13.1. The van der Waals surface area contributed by atoms with E-state index in [1.165, 1.54) is 0 Å². The van der Waals surface area contributed by atoms with Crippen LogP contribution in [0.2, 0.25) is 0 Å². The minimum Gasteiger partial charge on any atom is -0.480 e. The number of hydrogen-bond donors (Lipinski definition) is 4. The standard InChI is InChI=1S/C13H17NO4.C2H5NO2/c1-9(2)11(12(15)16)14-13(17)18-8-10-6-4-3-5-7-10;3-1-2(4)5/h3-7,9,11H,8H2,1-2H3,(H,14,17)(H,15,16);1,3H2,(H,4,5)/t11-;/m0./s1. The van der Waals surface area contributed by atoms with Gasteiger partial charge in [0, 0.05) is 0 Å². The van der Waals surface area contributed by atoms with Crippen molar-refractivity contribution in [2.24, 2.45) is 11.7 Å². The Morgan fingerprint density at radius 2 is 1.70 bits per heavy atom. The van der Waals surface area contributed by atoms with Crippen LogP contribution < -0.4 is 11.1 Å². The molecule has 23 heavy (non-hydrogen) atoms. The molecule has 0 aliphatic rings. The van der Waals surface area contributed by atoms with Gasteiger partial charge in [-0.05, 0) is 11.5 Å². The maximum Gasteiger partial charge on any atom is 0.408 e. The lowest BCUT2D eigenvalue weighted by atomic mass is 10.1. The number of hydrogen-bond acceptors (Lipinski definition) is 5. The van der Waals surface area contributed by atoms with E-state index >= 15 is 0 Å². The Balaban J connectivity index is 0.000000841. The van der Waals surface area contributed by atoms with Crippen LogP contribution in [0.15, 0.2) is 30.3 Å². The van der Waals surface area contributed by atoms with Crippen molar-refractivity contribution in [1.29, 1.82) is 0 Å². The van der Waals surface area contributed by atoms with Gasteiger partial charge in [-0.1, -0.05) is 44.2 Å². The molecule has 8 nitrogen and oxygen atoms in total. The van der Waals surface area contributed by atoms with Crippen molar-refractivity contribution >= 4 is 18.0 Å². The molecule has 1 aromatic rings. The fourth-order valence-corrected chi connectivity index (χ4v) is 1.41. The number of benzene rings is 1. The van der Waals surface area contributed by atoms with Gasteiger partial charge in [-0.25, -0.2) is 9.59 Å². The van der Waals surface area contributed by atoms with E-state index in [1.807, 2.05) is 30.3 Å². The van der Waals surface area contributed by atoms with Crippen molar-refractivity contribution in [2.45, 2.75) is 26.5 Å². The van der Waals surface area contributed by atoms with Crippen LogP contribution in [0.25, 0.3) is 0 Å². The Labute approximate surface area is 134 Å². The third-order valence-electron chi connectivity index (χ3n) is 2.59. The molecule has 0 aliphatic heterocycles. The first-order chi connectivity index (χ1) is 10.8. The van der Waals surface area contributed by atoms with E-state index < -0.39 is 24.1 Å². The number of carbonyl (C=O) groups is 3. The molecular formula is C15H22N2O6. The van der Waals surface area contributed by atoms with Gasteiger partial charge < -0.3 is 26.0 Å². The number of rotatable bonds is 6. The van der Waals surface area contributed by atoms with Gasteiger partial charge in [-0.15, -0.1) is 0 Å². The Bertz CT molecular complexity index is 504. The van der Waals surface area contributed by atoms with E-state index in [4.69, 9.17) is 14.9 Å². The highest BCUT2D eigenvalue weighted by Gasteiger charge is 2.23. The third-order valence-corrected chi connectivity index (χ3v) is 2.59.